The summed E-state index contributed by atoms with van der Waals surface area (Å²) in [7, 11) is 0. The third kappa shape index (κ3) is 4.09. The number of hydrogen-bond donors (Lipinski definition) is 2. The molecule has 0 saturated carbocycles. The number of rotatable bonds is 5. The zero-order valence-electron chi connectivity index (χ0n) is 13.9. The summed E-state index contributed by atoms with van der Waals surface area (Å²) in [6.45, 7) is 4.89. The molecule has 2 N–H and O–H groups in total. The maximum absolute atomic E-state index is 11.5. The van der Waals surface area contributed by atoms with Crippen molar-refractivity contribution < 1.29 is 9.59 Å². The average Bonchev–Trinajstić information content (AvgIpc) is 3.13. The molecule has 0 atom stereocenters. The standard InChI is InChI=1S/C17H16N4O2S2/c1-9-15(25-17(18-9)19-11(3)23)14-8-24-16(21-14)20-13-6-4-5-12(7-13)10(2)22/h4-8H,1-3H3,(H,20,21)(H,18,19,23). The topological polar surface area (TPSA) is 84.0 Å². The van der Waals surface area contributed by atoms with Gasteiger partial charge in [-0.15, -0.1) is 11.3 Å². The lowest BCUT2D eigenvalue weighted by Crippen LogP contribution is -2.04. The summed E-state index contributed by atoms with van der Waals surface area (Å²) < 4.78 is 0. The highest BCUT2D eigenvalue weighted by Gasteiger charge is 2.14. The maximum atomic E-state index is 11.5. The van der Waals surface area contributed by atoms with Crippen LogP contribution in [0.25, 0.3) is 10.6 Å². The van der Waals surface area contributed by atoms with E-state index in [0.717, 1.165) is 27.1 Å². The van der Waals surface area contributed by atoms with Crippen LogP contribution in [0.1, 0.15) is 29.9 Å². The summed E-state index contributed by atoms with van der Waals surface area (Å²) >= 11 is 2.87. The SMILES string of the molecule is CC(=O)Nc1nc(C)c(-c2csc(Nc3cccc(C(C)=O)c3)n2)s1. The predicted octanol–water partition coefficient (Wildman–Crippen LogP) is 4.48. The summed E-state index contributed by atoms with van der Waals surface area (Å²) in [6.07, 6.45) is 0. The molecule has 8 heteroatoms. The molecule has 0 bridgehead atoms. The monoisotopic (exact) mass is 372 g/mol. The van der Waals surface area contributed by atoms with Crippen molar-refractivity contribution in [3.05, 3.63) is 40.9 Å². The first kappa shape index (κ1) is 17.2. The molecule has 0 fully saturated rings. The summed E-state index contributed by atoms with van der Waals surface area (Å²) in [5.41, 5.74) is 3.10. The van der Waals surface area contributed by atoms with E-state index in [1.54, 1.807) is 19.1 Å². The lowest BCUT2D eigenvalue weighted by molar-refractivity contribution is -0.114. The minimum atomic E-state index is -0.147. The molecular formula is C17H16N4O2S2. The van der Waals surface area contributed by atoms with Gasteiger partial charge in [0.2, 0.25) is 5.91 Å². The van der Waals surface area contributed by atoms with Crippen LogP contribution in [0.3, 0.4) is 0 Å². The van der Waals surface area contributed by atoms with E-state index in [1.807, 2.05) is 24.4 Å². The molecule has 0 aliphatic rings. The van der Waals surface area contributed by atoms with Gasteiger partial charge in [0.15, 0.2) is 16.0 Å². The van der Waals surface area contributed by atoms with Gasteiger partial charge in [-0.3, -0.25) is 9.59 Å². The van der Waals surface area contributed by atoms with E-state index in [2.05, 4.69) is 20.6 Å². The van der Waals surface area contributed by atoms with E-state index < -0.39 is 0 Å². The van der Waals surface area contributed by atoms with Crippen LogP contribution in [0.4, 0.5) is 16.0 Å². The van der Waals surface area contributed by atoms with Gasteiger partial charge in [-0.25, -0.2) is 9.97 Å². The Morgan fingerprint density at radius 1 is 1.12 bits per heavy atom. The van der Waals surface area contributed by atoms with Gasteiger partial charge in [0.25, 0.3) is 0 Å². The van der Waals surface area contributed by atoms with E-state index in [4.69, 9.17) is 0 Å². The molecule has 25 heavy (non-hydrogen) atoms. The molecule has 0 unspecified atom stereocenters. The number of ketones is 1. The average molecular weight is 372 g/mol. The Hall–Kier alpha value is -2.58. The second-order valence-corrected chi connectivity index (χ2v) is 7.27. The van der Waals surface area contributed by atoms with Crippen molar-refractivity contribution in [3.8, 4) is 10.6 Å². The zero-order chi connectivity index (χ0) is 18.0. The molecular weight excluding hydrogens is 356 g/mol. The summed E-state index contributed by atoms with van der Waals surface area (Å²) in [4.78, 5) is 32.5. The van der Waals surface area contributed by atoms with Crippen LogP contribution in [-0.2, 0) is 4.79 Å². The Kier molecular flexibility index (Phi) is 4.91. The minimum Gasteiger partial charge on any atom is -0.332 e. The van der Waals surface area contributed by atoms with E-state index >= 15 is 0 Å². The van der Waals surface area contributed by atoms with Crippen LogP contribution in [0.2, 0.25) is 0 Å². The highest BCUT2D eigenvalue weighted by atomic mass is 32.1. The number of nitrogens with zero attached hydrogens (tertiary/aromatic N) is 2. The van der Waals surface area contributed by atoms with E-state index in [0.29, 0.717) is 10.7 Å². The van der Waals surface area contributed by atoms with Gasteiger partial charge < -0.3 is 10.6 Å². The van der Waals surface area contributed by atoms with Crippen LogP contribution < -0.4 is 10.6 Å². The lowest BCUT2D eigenvalue weighted by Gasteiger charge is -2.03. The van der Waals surface area contributed by atoms with Crippen molar-refractivity contribution in [1.82, 2.24) is 9.97 Å². The fourth-order valence-electron chi connectivity index (χ4n) is 2.21. The fourth-order valence-corrected chi connectivity index (χ4v) is 3.98. The van der Waals surface area contributed by atoms with Crippen LogP contribution in [0.15, 0.2) is 29.6 Å². The first-order valence-corrected chi connectivity index (χ1v) is 9.21. The van der Waals surface area contributed by atoms with Gasteiger partial charge >= 0.3 is 0 Å². The molecule has 0 spiro atoms. The quantitative estimate of drug-likeness (QED) is 0.645. The van der Waals surface area contributed by atoms with Gasteiger partial charge in [-0.2, -0.15) is 0 Å². The largest absolute Gasteiger partial charge is 0.332 e. The number of nitrogens with one attached hydrogen (secondary N) is 2. The van der Waals surface area contributed by atoms with Gasteiger partial charge in [0.1, 0.15) is 0 Å². The molecule has 128 valence electrons. The lowest BCUT2D eigenvalue weighted by atomic mass is 10.1. The highest BCUT2D eigenvalue weighted by Crippen LogP contribution is 2.35. The number of hydrogen-bond acceptors (Lipinski definition) is 7. The van der Waals surface area contributed by atoms with E-state index in [9.17, 15) is 9.59 Å². The molecule has 6 nitrogen and oxygen atoms in total. The predicted molar refractivity (Wildman–Crippen MR) is 102 cm³/mol. The van der Waals surface area contributed by atoms with Crippen LogP contribution in [0.5, 0.6) is 0 Å². The Labute approximate surface area is 153 Å². The van der Waals surface area contributed by atoms with Crippen molar-refractivity contribution in [1.29, 1.82) is 0 Å². The molecule has 1 aromatic carbocycles. The van der Waals surface area contributed by atoms with Gasteiger partial charge in [-0.05, 0) is 26.0 Å². The molecule has 0 aliphatic carbocycles. The highest BCUT2D eigenvalue weighted by molar-refractivity contribution is 7.20. The number of aryl methyl sites for hydroxylation is 1. The molecule has 0 radical (unpaired) electrons. The number of benzene rings is 1. The normalized spacial score (nSPS) is 10.5. The second-order valence-electron chi connectivity index (χ2n) is 5.41. The van der Waals surface area contributed by atoms with Crippen LogP contribution >= 0.6 is 22.7 Å². The number of anilines is 3. The number of aromatic nitrogens is 2. The summed E-state index contributed by atoms with van der Waals surface area (Å²) in [6, 6.07) is 7.31. The Morgan fingerprint density at radius 2 is 1.92 bits per heavy atom. The van der Waals surface area contributed by atoms with Crippen molar-refractivity contribution in [3.63, 3.8) is 0 Å². The van der Waals surface area contributed by atoms with Gasteiger partial charge in [0.05, 0.1) is 16.3 Å². The Balaban J connectivity index is 1.81. The Bertz CT molecular complexity index is 946. The Morgan fingerprint density at radius 3 is 2.64 bits per heavy atom. The number of thiazole rings is 2. The maximum Gasteiger partial charge on any atom is 0.223 e. The number of Topliss-reactive ketones (excluding diaryl/α,β-unsaturated/α-hetero) is 1. The van der Waals surface area contributed by atoms with Crippen LogP contribution in [0, 0.1) is 6.92 Å². The third-order valence-corrected chi connectivity index (χ3v) is 5.19. The molecule has 0 aliphatic heterocycles. The second kappa shape index (κ2) is 7.12. The first-order valence-electron chi connectivity index (χ1n) is 7.51. The zero-order valence-corrected chi connectivity index (χ0v) is 15.5. The van der Waals surface area contributed by atoms with Gasteiger partial charge in [-0.1, -0.05) is 23.5 Å². The molecule has 3 aromatic rings. The minimum absolute atomic E-state index is 0.0225. The fraction of sp³-hybridized carbons (Fsp3) is 0.176. The third-order valence-electron chi connectivity index (χ3n) is 3.34. The molecule has 2 heterocycles. The van der Waals surface area contributed by atoms with Crippen molar-refractivity contribution in [2.24, 2.45) is 0 Å². The van der Waals surface area contributed by atoms with E-state index in [1.165, 1.54) is 29.6 Å². The van der Waals surface area contributed by atoms with Gasteiger partial charge in [0, 0.05) is 23.6 Å². The summed E-state index contributed by atoms with van der Waals surface area (Å²) in [5, 5.41) is 9.15. The number of carbonyl (C=O) groups excluding carboxylic acids is 2. The molecule has 1 amide bonds. The number of amides is 1. The van der Waals surface area contributed by atoms with Crippen LogP contribution in [-0.4, -0.2) is 21.7 Å². The molecule has 3 rings (SSSR count). The number of carbonyl (C=O) groups is 2. The first-order chi connectivity index (χ1) is 11.9. The van der Waals surface area contributed by atoms with Crippen molar-refractivity contribution in [2.75, 3.05) is 10.6 Å². The molecule has 2 aromatic heterocycles. The van der Waals surface area contributed by atoms with Crippen molar-refractivity contribution >= 4 is 50.3 Å². The summed E-state index contributed by atoms with van der Waals surface area (Å²) in [5.74, 6) is -0.124. The van der Waals surface area contributed by atoms with E-state index in [-0.39, 0.29) is 11.7 Å². The smallest absolute Gasteiger partial charge is 0.223 e. The molecule has 0 saturated heterocycles. The van der Waals surface area contributed by atoms with Crippen molar-refractivity contribution in [2.45, 2.75) is 20.8 Å².